The first-order chi connectivity index (χ1) is 9.86. The highest BCUT2D eigenvalue weighted by molar-refractivity contribution is 5.73. The largest absolute Gasteiger partial charge is 0.480 e. The molecule has 0 spiro atoms. The second-order valence-electron chi connectivity index (χ2n) is 5.72. The third-order valence-electron chi connectivity index (χ3n) is 3.28. The van der Waals surface area contributed by atoms with Crippen LogP contribution in [0.25, 0.3) is 0 Å². The molecule has 116 valence electrons. The number of allylic oxidation sites excluding steroid dienone is 6. The van der Waals surface area contributed by atoms with Crippen molar-refractivity contribution in [3.63, 3.8) is 0 Å². The molecule has 0 rings (SSSR count). The molecule has 1 unspecified atom stereocenters. The number of carboxylic acid groups (broad SMARTS) is 1. The fourth-order valence-corrected chi connectivity index (χ4v) is 1.87. The van der Waals surface area contributed by atoms with Crippen molar-refractivity contribution in [1.29, 1.82) is 5.26 Å². The Hall–Kier alpha value is -1.82. The van der Waals surface area contributed by atoms with Crippen molar-refractivity contribution in [2.45, 2.75) is 59.8 Å². The van der Waals surface area contributed by atoms with Gasteiger partial charge < -0.3 is 5.11 Å². The van der Waals surface area contributed by atoms with Gasteiger partial charge in [0.25, 0.3) is 0 Å². The first kappa shape index (κ1) is 19.2. The summed E-state index contributed by atoms with van der Waals surface area (Å²) in [6.45, 7) is 8.36. The minimum Gasteiger partial charge on any atom is -0.480 e. The van der Waals surface area contributed by atoms with Crippen molar-refractivity contribution >= 4 is 5.97 Å². The Morgan fingerprint density at radius 2 is 1.57 bits per heavy atom. The first-order valence-corrected chi connectivity index (χ1v) is 7.43. The summed E-state index contributed by atoms with van der Waals surface area (Å²) in [6, 6.07) is 1.80. The van der Waals surface area contributed by atoms with E-state index in [4.69, 9.17) is 10.4 Å². The fourth-order valence-electron chi connectivity index (χ4n) is 1.87. The van der Waals surface area contributed by atoms with Crippen LogP contribution in [0.1, 0.15) is 59.8 Å². The molecular formula is C18H27NO2. The lowest BCUT2D eigenvalue weighted by Crippen LogP contribution is -2.10. The standard InChI is InChI=1S/C18H27NO2/c1-14(2)7-5-8-15(3)9-6-10-16(4)11-12-17(13-19)18(20)21/h7,9,11,17H,5-6,8,10,12H2,1-4H3,(H,20,21)/b15-9+,16-11+. The zero-order valence-electron chi connectivity index (χ0n) is 13.6. The number of nitriles is 1. The van der Waals surface area contributed by atoms with Crippen LogP contribution in [0.2, 0.25) is 0 Å². The lowest BCUT2D eigenvalue weighted by Gasteiger charge is -2.03. The maximum absolute atomic E-state index is 10.7. The van der Waals surface area contributed by atoms with Crippen molar-refractivity contribution in [2.75, 3.05) is 0 Å². The molecule has 0 saturated carbocycles. The SMILES string of the molecule is CC(C)=CCC/C(C)=C/CC/C(C)=C/CC(C#N)C(=O)O. The van der Waals surface area contributed by atoms with Crippen LogP contribution in [-0.2, 0) is 4.79 Å². The molecule has 0 aromatic rings. The summed E-state index contributed by atoms with van der Waals surface area (Å²) in [7, 11) is 0. The second kappa shape index (κ2) is 10.9. The number of carboxylic acids is 1. The van der Waals surface area contributed by atoms with Gasteiger partial charge in [-0.25, -0.2) is 0 Å². The van der Waals surface area contributed by atoms with Crippen molar-refractivity contribution in [1.82, 2.24) is 0 Å². The van der Waals surface area contributed by atoms with Gasteiger partial charge in [0.15, 0.2) is 0 Å². The number of rotatable bonds is 9. The van der Waals surface area contributed by atoms with Crippen molar-refractivity contribution in [3.05, 3.63) is 34.9 Å². The van der Waals surface area contributed by atoms with Crippen LogP contribution >= 0.6 is 0 Å². The van der Waals surface area contributed by atoms with Crippen LogP contribution < -0.4 is 0 Å². The van der Waals surface area contributed by atoms with E-state index in [9.17, 15) is 4.79 Å². The van der Waals surface area contributed by atoms with E-state index in [0.29, 0.717) is 6.42 Å². The van der Waals surface area contributed by atoms with E-state index in [0.717, 1.165) is 31.3 Å². The van der Waals surface area contributed by atoms with E-state index in [1.165, 1.54) is 11.1 Å². The molecule has 1 N–H and O–H groups in total. The minimum absolute atomic E-state index is 0.293. The maximum Gasteiger partial charge on any atom is 0.321 e. The molecule has 3 heteroatoms. The predicted octanol–water partition coefficient (Wildman–Crippen LogP) is 5.02. The third-order valence-corrected chi connectivity index (χ3v) is 3.28. The Labute approximate surface area is 128 Å². The minimum atomic E-state index is -1.04. The quantitative estimate of drug-likeness (QED) is 0.606. The molecule has 21 heavy (non-hydrogen) atoms. The average molecular weight is 289 g/mol. The number of hydrogen-bond donors (Lipinski definition) is 1. The normalized spacial score (nSPS) is 13.5. The summed E-state index contributed by atoms with van der Waals surface area (Å²) in [4.78, 5) is 10.7. The molecule has 1 atom stereocenters. The summed E-state index contributed by atoms with van der Waals surface area (Å²) < 4.78 is 0. The van der Waals surface area contributed by atoms with E-state index < -0.39 is 11.9 Å². The summed E-state index contributed by atoms with van der Waals surface area (Å²) >= 11 is 0. The Bertz CT molecular complexity index is 460. The summed E-state index contributed by atoms with van der Waals surface area (Å²) in [6.07, 6.45) is 10.7. The van der Waals surface area contributed by atoms with Crippen LogP contribution in [0.5, 0.6) is 0 Å². The zero-order valence-corrected chi connectivity index (χ0v) is 13.6. The molecule has 0 heterocycles. The summed E-state index contributed by atoms with van der Waals surface area (Å²) in [5, 5.41) is 17.5. The van der Waals surface area contributed by atoms with Crippen LogP contribution in [0, 0.1) is 17.2 Å². The molecule has 0 radical (unpaired) electrons. The van der Waals surface area contributed by atoms with Crippen molar-refractivity contribution in [3.8, 4) is 6.07 Å². The Morgan fingerprint density at radius 3 is 2.05 bits per heavy atom. The lowest BCUT2D eigenvalue weighted by atomic mass is 10.0. The molecular weight excluding hydrogens is 262 g/mol. The smallest absolute Gasteiger partial charge is 0.321 e. The molecule has 0 bridgehead atoms. The van der Waals surface area contributed by atoms with Gasteiger partial charge in [0, 0.05) is 0 Å². The summed E-state index contributed by atoms with van der Waals surface area (Å²) in [5.41, 5.74) is 3.89. The molecule has 0 aromatic carbocycles. The van der Waals surface area contributed by atoms with E-state index >= 15 is 0 Å². The molecule has 0 aliphatic rings. The third kappa shape index (κ3) is 10.6. The first-order valence-electron chi connectivity index (χ1n) is 7.43. The summed E-state index contributed by atoms with van der Waals surface area (Å²) in [5.74, 6) is -1.97. The highest BCUT2D eigenvalue weighted by Crippen LogP contribution is 2.13. The van der Waals surface area contributed by atoms with Gasteiger partial charge in [-0.1, -0.05) is 34.9 Å². The molecule has 0 fully saturated rings. The number of hydrogen-bond acceptors (Lipinski definition) is 2. The van der Waals surface area contributed by atoms with Gasteiger partial charge in [0.05, 0.1) is 6.07 Å². The van der Waals surface area contributed by atoms with Crippen LogP contribution in [0.3, 0.4) is 0 Å². The highest BCUT2D eigenvalue weighted by Gasteiger charge is 2.14. The molecule has 0 saturated heterocycles. The zero-order chi connectivity index (χ0) is 16.3. The monoisotopic (exact) mass is 289 g/mol. The number of nitrogens with zero attached hydrogens (tertiary/aromatic N) is 1. The Balaban J connectivity index is 4.13. The van der Waals surface area contributed by atoms with Gasteiger partial charge in [-0.15, -0.1) is 0 Å². The maximum atomic E-state index is 10.7. The average Bonchev–Trinajstić information content (AvgIpc) is 2.38. The molecule has 0 aliphatic heterocycles. The van der Waals surface area contributed by atoms with Crippen LogP contribution in [0.4, 0.5) is 0 Å². The Kier molecular flexibility index (Phi) is 9.96. The van der Waals surface area contributed by atoms with Crippen molar-refractivity contribution in [2.24, 2.45) is 5.92 Å². The van der Waals surface area contributed by atoms with Crippen LogP contribution in [-0.4, -0.2) is 11.1 Å². The number of carbonyl (C=O) groups is 1. The van der Waals surface area contributed by atoms with Gasteiger partial charge in [-0.3, -0.25) is 4.79 Å². The van der Waals surface area contributed by atoms with E-state index in [-0.39, 0.29) is 0 Å². The molecule has 0 aliphatic carbocycles. The Morgan fingerprint density at radius 1 is 1.05 bits per heavy atom. The molecule has 0 aromatic heterocycles. The van der Waals surface area contributed by atoms with Crippen LogP contribution in [0.15, 0.2) is 34.9 Å². The topological polar surface area (TPSA) is 61.1 Å². The van der Waals surface area contributed by atoms with Crippen molar-refractivity contribution < 1.29 is 9.90 Å². The molecule has 0 amide bonds. The lowest BCUT2D eigenvalue weighted by molar-refractivity contribution is -0.139. The van der Waals surface area contributed by atoms with Gasteiger partial charge in [-0.2, -0.15) is 5.26 Å². The van der Waals surface area contributed by atoms with E-state index in [1.54, 1.807) is 6.07 Å². The molecule has 3 nitrogen and oxygen atoms in total. The highest BCUT2D eigenvalue weighted by atomic mass is 16.4. The van der Waals surface area contributed by atoms with E-state index in [2.05, 4.69) is 32.9 Å². The van der Waals surface area contributed by atoms with Gasteiger partial charge >= 0.3 is 5.97 Å². The number of aliphatic carboxylic acids is 1. The predicted molar refractivity (Wildman–Crippen MR) is 86.8 cm³/mol. The van der Waals surface area contributed by atoms with Gasteiger partial charge in [0.1, 0.15) is 5.92 Å². The second-order valence-corrected chi connectivity index (χ2v) is 5.72. The fraction of sp³-hybridized carbons (Fsp3) is 0.556. The van der Waals surface area contributed by atoms with Gasteiger partial charge in [0.2, 0.25) is 0 Å². The van der Waals surface area contributed by atoms with E-state index in [1.807, 2.05) is 13.0 Å². The van der Waals surface area contributed by atoms with Gasteiger partial charge in [-0.05, 0) is 59.8 Å².